The molecule has 1 aromatic rings. The first kappa shape index (κ1) is 13.5. The maximum Gasteiger partial charge on any atom is 0.138 e. The minimum atomic E-state index is 0.191. The summed E-state index contributed by atoms with van der Waals surface area (Å²) in [6, 6.07) is 0.510. The lowest BCUT2D eigenvalue weighted by Gasteiger charge is -2.21. The zero-order chi connectivity index (χ0) is 13.1. The van der Waals surface area contributed by atoms with Gasteiger partial charge in [0.1, 0.15) is 12.2 Å². The minimum absolute atomic E-state index is 0.191. The fraction of sp³-hybridized carbons (Fsp3) is 0.833. The topological polar surface area (TPSA) is 78.0 Å². The second-order valence-electron chi connectivity index (χ2n) is 5.33. The van der Waals surface area contributed by atoms with Crippen molar-refractivity contribution in [3.05, 3.63) is 12.2 Å². The van der Waals surface area contributed by atoms with Crippen molar-refractivity contribution in [2.24, 2.45) is 11.8 Å². The second-order valence-corrected chi connectivity index (χ2v) is 5.33. The Balaban J connectivity index is 2.03. The smallest absolute Gasteiger partial charge is 0.138 e. The first-order chi connectivity index (χ1) is 8.61. The summed E-state index contributed by atoms with van der Waals surface area (Å²) >= 11 is 0. The molecule has 0 radical (unpaired) electrons. The molecule has 3 unspecified atom stereocenters. The molecule has 102 valence electrons. The molecule has 2 rings (SSSR count). The van der Waals surface area contributed by atoms with Crippen molar-refractivity contribution in [3.8, 4) is 0 Å². The predicted molar refractivity (Wildman–Crippen MR) is 68.7 cm³/mol. The van der Waals surface area contributed by atoms with E-state index in [-0.39, 0.29) is 6.04 Å². The van der Waals surface area contributed by atoms with E-state index in [1.807, 2.05) is 4.68 Å². The Bertz CT molecular complexity index is 378. The van der Waals surface area contributed by atoms with Gasteiger partial charge in [-0.3, -0.25) is 11.3 Å². The number of nitrogens with one attached hydrogen (secondary N) is 1. The van der Waals surface area contributed by atoms with Crippen LogP contribution >= 0.6 is 0 Å². The van der Waals surface area contributed by atoms with Crippen LogP contribution in [0.4, 0.5) is 0 Å². The van der Waals surface area contributed by atoms with E-state index in [1.165, 1.54) is 0 Å². The molecule has 0 bridgehead atoms. The van der Waals surface area contributed by atoms with Crippen LogP contribution in [0.5, 0.6) is 0 Å². The highest BCUT2D eigenvalue weighted by molar-refractivity contribution is 4.94. The monoisotopic (exact) mass is 253 g/mol. The van der Waals surface area contributed by atoms with Gasteiger partial charge in [0.25, 0.3) is 0 Å². The van der Waals surface area contributed by atoms with E-state index in [9.17, 15) is 0 Å². The number of hydrogen-bond donors (Lipinski definition) is 2. The maximum atomic E-state index is 5.68. The molecule has 1 aromatic heterocycles. The van der Waals surface area contributed by atoms with Gasteiger partial charge in [-0.15, -0.1) is 0 Å². The molecule has 6 nitrogen and oxygen atoms in total. The number of ether oxygens (including phenoxy) is 1. The minimum Gasteiger partial charge on any atom is -0.378 e. The molecule has 3 atom stereocenters. The van der Waals surface area contributed by atoms with Crippen molar-refractivity contribution in [2.45, 2.75) is 51.8 Å². The normalized spacial score (nSPS) is 25.8. The van der Waals surface area contributed by atoms with Crippen LogP contribution in [0.1, 0.15) is 39.1 Å². The Kier molecular flexibility index (Phi) is 4.31. The molecule has 1 aliphatic heterocycles. The van der Waals surface area contributed by atoms with E-state index in [0.29, 0.717) is 18.1 Å². The van der Waals surface area contributed by atoms with Crippen molar-refractivity contribution >= 4 is 0 Å². The zero-order valence-corrected chi connectivity index (χ0v) is 11.3. The molecule has 0 saturated carbocycles. The molecule has 1 fully saturated rings. The van der Waals surface area contributed by atoms with Gasteiger partial charge < -0.3 is 4.74 Å². The number of aromatic nitrogens is 3. The fourth-order valence-electron chi connectivity index (χ4n) is 2.54. The summed E-state index contributed by atoms with van der Waals surface area (Å²) in [5, 5.41) is 4.25. The quantitative estimate of drug-likeness (QED) is 0.595. The van der Waals surface area contributed by atoms with E-state index < -0.39 is 0 Å². The lowest BCUT2D eigenvalue weighted by atomic mass is 9.94. The van der Waals surface area contributed by atoms with Crippen molar-refractivity contribution in [1.29, 1.82) is 0 Å². The molecule has 0 aliphatic carbocycles. The highest BCUT2D eigenvalue weighted by atomic mass is 16.5. The third-order valence-electron chi connectivity index (χ3n) is 3.55. The number of hydrazine groups is 1. The summed E-state index contributed by atoms with van der Waals surface area (Å²) in [7, 11) is 0. The Morgan fingerprint density at radius 2 is 2.39 bits per heavy atom. The van der Waals surface area contributed by atoms with E-state index in [0.717, 1.165) is 25.3 Å². The summed E-state index contributed by atoms with van der Waals surface area (Å²) in [4.78, 5) is 4.33. The van der Waals surface area contributed by atoms with Crippen LogP contribution in [0.3, 0.4) is 0 Å². The number of nitrogens with zero attached hydrogens (tertiary/aromatic N) is 3. The van der Waals surface area contributed by atoms with E-state index in [1.54, 1.807) is 6.33 Å². The molecule has 6 heteroatoms. The number of rotatable bonds is 5. The van der Waals surface area contributed by atoms with Crippen LogP contribution in [0.15, 0.2) is 6.33 Å². The molecule has 0 amide bonds. The van der Waals surface area contributed by atoms with Gasteiger partial charge in [0.15, 0.2) is 0 Å². The Labute approximate surface area is 108 Å². The SMILES string of the molecule is CC1CC(C(Cc2ncnn2C(C)C)NN)CO1. The summed E-state index contributed by atoms with van der Waals surface area (Å²) < 4.78 is 7.55. The predicted octanol–water partition coefficient (Wildman–Crippen LogP) is 0.658. The largest absolute Gasteiger partial charge is 0.378 e. The van der Waals surface area contributed by atoms with Crippen molar-refractivity contribution in [2.75, 3.05) is 6.61 Å². The summed E-state index contributed by atoms with van der Waals surface area (Å²) in [6.45, 7) is 7.07. The summed E-state index contributed by atoms with van der Waals surface area (Å²) in [6.07, 6.45) is 3.77. The molecule has 0 aromatic carbocycles. The molecule has 1 aliphatic rings. The van der Waals surface area contributed by atoms with Gasteiger partial charge in [0.05, 0.1) is 12.7 Å². The Morgan fingerprint density at radius 3 is 2.94 bits per heavy atom. The summed E-state index contributed by atoms with van der Waals surface area (Å²) in [5.74, 6) is 7.10. The molecule has 3 N–H and O–H groups in total. The Morgan fingerprint density at radius 1 is 1.61 bits per heavy atom. The van der Waals surface area contributed by atoms with Gasteiger partial charge in [-0.25, -0.2) is 9.67 Å². The molecular formula is C12H23N5O. The Hall–Kier alpha value is -0.980. The van der Waals surface area contributed by atoms with Crippen LogP contribution in [-0.2, 0) is 11.2 Å². The van der Waals surface area contributed by atoms with Gasteiger partial charge in [-0.1, -0.05) is 0 Å². The van der Waals surface area contributed by atoms with E-state index in [4.69, 9.17) is 10.6 Å². The van der Waals surface area contributed by atoms with E-state index in [2.05, 4.69) is 36.3 Å². The van der Waals surface area contributed by atoms with Crippen LogP contribution in [0, 0.1) is 5.92 Å². The standard InChI is InChI=1S/C12H23N5O/c1-8(2)17-12(14-7-15-17)5-11(16-13)10-4-9(3)18-6-10/h7-11,16H,4-6,13H2,1-3H3. The zero-order valence-electron chi connectivity index (χ0n) is 11.3. The highest BCUT2D eigenvalue weighted by Crippen LogP contribution is 2.24. The van der Waals surface area contributed by atoms with Gasteiger partial charge in [-0.05, 0) is 27.2 Å². The van der Waals surface area contributed by atoms with Gasteiger partial charge in [-0.2, -0.15) is 5.10 Å². The number of hydrogen-bond acceptors (Lipinski definition) is 5. The first-order valence-electron chi connectivity index (χ1n) is 6.58. The van der Waals surface area contributed by atoms with Crippen LogP contribution in [0.2, 0.25) is 0 Å². The number of nitrogens with two attached hydrogens (primary N) is 1. The lowest BCUT2D eigenvalue weighted by Crippen LogP contribution is -2.43. The summed E-state index contributed by atoms with van der Waals surface area (Å²) in [5.41, 5.74) is 2.91. The van der Waals surface area contributed by atoms with Crippen molar-refractivity contribution < 1.29 is 4.74 Å². The van der Waals surface area contributed by atoms with E-state index >= 15 is 0 Å². The molecule has 1 saturated heterocycles. The highest BCUT2D eigenvalue weighted by Gasteiger charge is 2.30. The van der Waals surface area contributed by atoms with Gasteiger partial charge >= 0.3 is 0 Å². The molecule has 2 heterocycles. The molecular weight excluding hydrogens is 230 g/mol. The van der Waals surface area contributed by atoms with Gasteiger partial charge in [0, 0.05) is 24.4 Å². The fourth-order valence-corrected chi connectivity index (χ4v) is 2.54. The second kappa shape index (κ2) is 5.77. The maximum absolute atomic E-state index is 5.68. The van der Waals surface area contributed by atoms with Crippen LogP contribution in [0.25, 0.3) is 0 Å². The van der Waals surface area contributed by atoms with Crippen molar-refractivity contribution in [3.63, 3.8) is 0 Å². The average molecular weight is 253 g/mol. The third kappa shape index (κ3) is 2.88. The van der Waals surface area contributed by atoms with Crippen LogP contribution in [-0.4, -0.2) is 33.5 Å². The van der Waals surface area contributed by atoms with Crippen molar-refractivity contribution in [1.82, 2.24) is 20.2 Å². The average Bonchev–Trinajstić information content (AvgIpc) is 2.94. The molecule has 0 spiro atoms. The van der Waals surface area contributed by atoms with Crippen LogP contribution < -0.4 is 11.3 Å². The van der Waals surface area contributed by atoms with Gasteiger partial charge in [0.2, 0.25) is 0 Å². The third-order valence-corrected chi connectivity index (χ3v) is 3.55. The molecule has 18 heavy (non-hydrogen) atoms. The lowest BCUT2D eigenvalue weighted by molar-refractivity contribution is 0.116. The first-order valence-corrected chi connectivity index (χ1v) is 6.58.